The van der Waals surface area contributed by atoms with Crippen molar-refractivity contribution >= 4 is 23.0 Å². The van der Waals surface area contributed by atoms with Crippen LogP contribution in [-0.4, -0.2) is 16.7 Å². The van der Waals surface area contributed by atoms with Gasteiger partial charge in [0.2, 0.25) is 5.91 Å². The first-order chi connectivity index (χ1) is 15.8. The summed E-state index contributed by atoms with van der Waals surface area (Å²) in [4.78, 5) is 12.2. The third-order valence-corrected chi connectivity index (χ3v) is 5.10. The molecule has 0 aliphatic rings. The fraction of sp³-hybridized carbons (Fsp3) is 0.120. The van der Waals surface area contributed by atoms with Crippen LogP contribution < -0.4 is 5.43 Å². The van der Waals surface area contributed by atoms with Crippen molar-refractivity contribution in [2.75, 3.05) is 0 Å². The zero-order chi connectivity index (χ0) is 23.4. The van der Waals surface area contributed by atoms with E-state index in [1.165, 1.54) is 30.5 Å². The van der Waals surface area contributed by atoms with Gasteiger partial charge in [-0.3, -0.25) is 4.79 Å². The quantitative estimate of drug-likeness (QED) is 0.233. The van der Waals surface area contributed by atoms with E-state index >= 15 is 0 Å². The molecule has 3 aromatic carbocycles. The number of alkyl halides is 3. The van der Waals surface area contributed by atoms with E-state index in [-0.39, 0.29) is 17.8 Å². The second-order valence-corrected chi connectivity index (χ2v) is 7.52. The molecule has 1 amide bonds. The molecule has 0 radical (unpaired) electrons. The van der Waals surface area contributed by atoms with E-state index in [1.54, 1.807) is 12.1 Å². The number of carbonyl (C=O) groups is 1. The molecule has 4 nitrogen and oxygen atoms in total. The van der Waals surface area contributed by atoms with Gasteiger partial charge < -0.3 is 4.57 Å². The van der Waals surface area contributed by atoms with Crippen LogP contribution in [0, 0.1) is 5.82 Å². The third-order valence-electron chi connectivity index (χ3n) is 5.10. The molecule has 0 unspecified atom stereocenters. The van der Waals surface area contributed by atoms with Crippen LogP contribution in [0.5, 0.6) is 0 Å². The number of para-hydroxylation sites is 1. The van der Waals surface area contributed by atoms with Crippen LogP contribution in [-0.2, 0) is 23.9 Å². The zero-order valence-corrected chi connectivity index (χ0v) is 17.3. The van der Waals surface area contributed by atoms with Crippen LogP contribution in [0.25, 0.3) is 10.9 Å². The highest BCUT2D eigenvalue weighted by atomic mass is 19.4. The summed E-state index contributed by atoms with van der Waals surface area (Å²) in [6, 6.07) is 18.5. The Labute approximate surface area is 187 Å². The van der Waals surface area contributed by atoms with Gasteiger partial charge in [0.1, 0.15) is 5.82 Å². The average Bonchev–Trinajstić information content (AvgIpc) is 3.12. The van der Waals surface area contributed by atoms with Crippen LogP contribution in [0.3, 0.4) is 0 Å². The van der Waals surface area contributed by atoms with Crippen LogP contribution in [0.2, 0.25) is 0 Å². The summed E-state index contributed by atoms with van der Waals surface area (Å²) < 4.78 is 53.7. The van der Waals surface area contributed by atoms with Gasteiger partial charge >= 0.3 is 6.18 Å². The molecule has 1 N–H and O–H groups in total. The first kappa shape index (κ1) is 22.3. The van der Waals surface area contributed by atoms with Gasteiger partial charge in [0, 0.05) is 29.2 Å². The van der Waals surface area contributed by atoms with Crippen molar-refractivity contribution in [1.29, 1.82) is 0 Å². The molecule has 4 aromatic rings. The lowest BCUT2D eigenvalue weighted by Gasteiger charge is -2.08. The summed E-state index contributed by atoms with van der Waals surface area (Å²) in [5, 5.41) is 4.89. The van der Waals surface area contributed by atoms with Crippen LogP contribution in [0.15, 0.2) is 84.1 Å². The van der Waals surface area contributed by atoms with E-state index in [2.05, 4.69) is 10.5 Å². The maximum Gasteiger partial charge on any atom is 0.416 e. The van der Waals surface area contributed by atoms with Gasteiger partial charge in [0.05, 0.1) is 18.2 Å². The lowest BCUT2D eigenvalue weighted by atomic mass is 10.1. The van der Waals surface area contributed by atoms with Gasteiger partial charge in [-0.25, -0.2) is 9.82 Å². The van der Waals surface area contributed by atoms with Crippen molar-refractivity contribution in [2.24, 2.45) is 5.10 Å². The van der Waals surface area contributed by atoms with Crippen molar-refractivity contribution in [1.82, 2.24) is 9.99 Å². The number of hydrogen-bond acceptors (Lipinski definition) is 2. The number of amides is 1. The zero-order valence-electron chi connectivity index (χ0n) is 17.3. The number of hydrogen-bond donors (Lipinski definition) is 1. The van der Waals surface area contributed by atoms with E-state index < -0.39 is 17.6 Å². The summed E-state index contributed by atoms with van der Waals surface area (Å²) in [6.07, 6.45) is -1.33. The smallest absolute Gasteiger partial charge is 0.342 e. The molecule has 0 saturated heterocycles. The Bertz CT molecular complexity index is 1310. The minimum Gasteiger partial charge on any atom is -0.342 e. The number of aromatic nitrogens is 1. The molecule has 33 heavy (non-hydrogen) atoms. The Morgan fingerprint density at radius 2 is 1.73 bits per heavy atom. The number of nitrogens with zero attached hydrogens (tertiary/aromatic N) is 2. The molecule has 8 heteroatoms. The van der Waals surface area contributed by atoms with E-state index in [0.29, 0.717) is 6.54 Å². The highest BCUT2D eigenvalue weighted by Gasteiger charge is 2.30. The van der Waals surface area contributed by atoms with Gasteiger partial charge in [-0.1, -0.05) is 48.5 Å². The topological polar surface area (TPSA) is 46.4 Å². The number of nitrogens with one attached hydrogen (secondary N) is 1. The fourth-order valence-corrected chi connectivity index (χ4v) is 3.55. The molecule has 0 bridgehead atoms. The summed E-state index contributed by atoms with van der Waals surface area (Å²) in [6.45, 7) is 0.524. The molecule has 168 valence electrons. The SMILES string of the molecule is O=C(Cc1cccc(C(F)(F)F)c1)N/N=C\c1cn(Cc2ccc(F)cc2)c2ccccc12. The molecule has 0 saturated carbocycles. The Balaban J connectivity index is 1.47. The maximum absolute atomic E-state index is 13.2. The van der Waals surface area contributed by atoms with Gasteiger partial charge in [-0.15, -0.1) is 0 Å². The van der Waals surface area contributed by atoms with Crippen molar-refractivity contribution in [3.63, 3.8) is 0 Å². The van der Waals surface area contributed by atoms with Gasteiger partial charge in [0.25, 0.3) is 0 Å². The van der Waals surface area contributed by atoms with Crippen LogP contribution in [0.1, 0.15) is 22.3 Å². The highest BCUT2D eigenvalue weighted by molar-refractivity contribution is 5.99. The normalized spacial score (nSPS) is 11.9. The molecule has 4 rings (SSSR count). The van der Waals surface area contributed by atoms with Crippen molar-refractivity contribution in [3.8, 4) is 0 Å². The van der Waals surface area contributed by atoms with E-state index in [1.807, 2.05) is 35.0 Å². The van der Waals surface area contributed by atoms with Gasteiger partial charge in [-0.2, -0.15) is 18.3 Å². The molecular formula is C25H19F4N3O. The number of carbonyl (C=O) groups excluding carboxylic acids is 1. The Kier molecular flexibility index (Phi) is 6.26. The summed E-state index contributed by atoms with van der Waals surface area (Å²) in [5.41, 5.74) is 4.43. The van der Waals surface area contributed by atoms with Crippen molar-refractivity contribution in [3.05, 3.63) is 107 Å². The van der Waals surface area contributed by atoms with Gasteiger partial charge in [-0.05, 0) is 35.4 Å². The molecule has 0 fully saturated rings. The number of hydrazone groups is 1. The number of benzene rings is 3. The van der Waals surface area contributed by atoms with E-state index in [0.717, 1.165) is 34.2 Å². The monoisotopic (exact) mass is 453 g/mol. The predicted octanol–water partition coefficient (Wildman–Crippen LogP) is 5.54. The van der Waals surface area contributed by atoms with Crippen LogP contribution >= 0.6 is 0 Å². The number of rotatable bonds is 6. The molecular weight excluding hydrogens is 434 g/mol. The Morgan fingerprint density at radius 1 is 0.970 bits per heavy atom. The molecule has 0 aliphatic heterocycles. The second kappa shape index (κ2) is 9.28. The lowest BCUT2D eigenvalue weighted by Crippen LogP contribution is -2.20. The van der Waals surface area contributed by atoms with E-state index in [4.69, 9.17) is 0 Å². The third kappa shape index (κ3) is 5.46. The lowest BCUT2D eigenvalue weighted by molar-refractivity contribution is -0.137. The number of fused-ring (bicyclic) bond motifs is 1. The second-order valence-electron chi connectivity index (χ2n) is 7.52. The standard InChI is InChI=1S/C25H19F4N3O/c26-21-10-8-17(9-11-21)15-32-16-19(22-6-1-2-7-23(22)32)14-30-31-24(33)13-18-4-3-5-20(12-18)25(27,28)29/h1-12,14,16H,13,15H2,(H,31,33)/b30-14-. The minimum absolute atomic E-state index is 0.229. The number of halogens is 4. The molecule has 0 spiro atoms. The maximum atomic E-state index is 13.2. The largest absolute Gasteiger partial charge is 0.416 e. The molecule has 1 aromatic heterocycles. The average molecular weight is 453 g/mol. The Morgan fingerprint density at radius 3 is 2.48 bits per heavy atom. The fourth-order valence-electron chi connectivity index (χ4n) is 3.55. The van der Waals surface area contributed by atoms with Crippen LogP contribution in [0.4, 0.5) is 17.6 Å². The summed E-state index contributed by atoms with van der Waals surface area (Å²) >= 11 is 0. The summed E-state index contributed by atoms with van der Waals surface area (Å²) in [7, 11) is 0. The van der Waals surface area contributed by atoms with Gasteiger partial charge in [0.15, 0.2) is 0 Å². The molecule has 0 atom stereocenters. The van der Waals surface area contributed by atoms with Crippen molar-refractivity contribution in [2.45, 2.75) is 19.1 Å². The molecule has 0 aliphatic carbocycles. The first-order valence-electron chi connectivity index (χ1n) is 10.1. The summed E-state index contributed by atoms with van der Waals surface area (Å²) in [5.74, 6) is -0.828. The highest BCUT2D eigenvalue weighted by Crippen LogP contribution is 2.29. The van der Waals surface area contributed by atoms with Crippen molar-refractivity contribution < 1.29 is 22.4 Å². The first-order valence-corrected chi connectivity index (χ1v) is 10.1. The minimum atomic E-state index is -4.47. The predicted molar refractivity (Wildman–Crippen MR) is 118 cm³/mol. The Hall–Kier alpha value is -3.94. The van der Waals surface area contributed by atoms with E-state index in [9.17, 15) is 22.4 Å². The molecule has 1 heterocycles.